The van der Waals surface area contributed by atoms with Crippen LogP contribution in [0.4, 0.5) is 0 Å². The van der Waals surface area contributed by atoms with Gasteiger partial charge < -0.3 is 18.6 Å². The van der Waals surface area contributed by atoms with E-state index in [0.717, 1.165) is 18.3 Å². The summed E-state index contributed by atoms with van der Waals surface area (Å²) in [6, 6.07) is 18.6. The Kier molecular flexibility index (Phi) is 9.47. The van der Waals surface area contributed by atoms with Gasteiger partial charge in [-0.1, -0.05) is 126 Å². The van der Waals surface area contributed by atoms with E-state index in [4.69, 9.17) is 18.6 Å². The molecule has 2 aliphatic carbocycles. The lowest BCUT2D eigenvalue weighted by Gasteiger charge is -2.34. The molecule has 0 atom stereocenters. The number of rotatable bonds is 2. The summed E-state index contributed by atoms with van der Waals surface area (Å²) in [4.78, 5) is 0. The van der Waals surface area contributed by atoms with Crippen LogP contribution in [0, 0.1) is 0 Å². The van der Waals surface area contributed by atoms with E-state index in [-0.39, 0.29) is 23.7 Å². The molecule has 0 N–H and O–H groups in total. The highest BCUT2D eigenvalue weighted by Gasteiger charge is 2.54. The van der Waals surface area contributed by atoms with Crippen LogP contribution in [0.1, 0.15) is 156 Å². The largest absolute Gasteiger partial charge is 0.495 e. The van der Waals surface area contributed by atoms with Crippen molar-refractivity contribution in [1.29, 1.82) is 0 Å². The standard InChI is InChI=1S/C43H60B2O4/c1-39(2)40(3,4)47-44(46-39)31-25-26-34-35(29-31)43(27-21-17-15-13-11-9-10-12-14-16-18-22-28-43)36-30-37(32-23-19-20-24-33(32)38(34)36)45-48-41(5,6)42(7,8)49-45/h19-20,23-26,29-30H,9-18,21-22,27-28H2,1-8H3. The van der Waals surface area contributed by atoms with Gasteiger partial charge in [0.2, 0.25) is 0 Å². The highest BCUT2D eigenvalue weighted by Crippen LogP contribution is 2.56. The van der Waals surface area contributed by atoms with Crippen molar-refractivity contribution >= 4 is 35.9 Å². The Morgan fingerprint density at radius 1 is 0.469 bits per heavy atom. The molecular formula is C43H60B2O4. The number of benzene rings is 3. The number of hydrogen-bond donors (Lipinski definition) is 0. The third-order valence-corrected chi connectivity index (χ3v) is 13.4. The lowest BCUT2D eigenvalue weighted by Crippen LogP contribution is -2.41. The molecule has 6 heteroatoms. The molecule has 3 aromatic rings. The van der Waals surface area contributed by atoms with Crippen molar-refractivity contribution < 1.29 is 18.6 Å². The Hall–Kier alpha value is -2.11. The maximum absolute atomic E-state index is 6.79. The van der Waals surface area contributed by atoms with Crippen LogP contribution < -0.4 is 10.9 Å². The molecule has 7 rings (SSSR count). The van der Waals surface area contributed by atoms with Gasteiger partial charge in [-0.15, -0.1) is 0 Å². The number of hydrogen-bond acceptors (Lipinski definition) is 4. The highest BCUT2D eigenvalue weighted by molar-refractivity contribution is 6.65. The van der Waals surface area contributed by atoms with Gasteiger partial charge in [0.1, 0.15) is 0 Å². The third-order valence-electron chi connectivity index (χ3n) is 13.4. The van der Waals surface area contributed by atoms with Gasteiger partial charge in [-0.05, 0) is 112 Å². The quantitative estimate of drug-likeness (QED) is 0.256. The molecule has 2 saturated heterocycles. The van der Waals surface area contributed by atoms with E-state index in [1.54, 1.807) is 0 Å². The zero-order valence-corrected chi connectivity index (χ0v) is 31.8. The topological polar surface area (TPSA) is 36.9 Å². The summed E-state index contributed by atoms with van der Waals surface area (Å²) in [7, 11) is -0.793. The van der Waals surface area contributed by atoms with Gasteiger partial charge in [-0.3, -0.25) is 0 Å². The summed E-state index contributed by atoms with van der Waals surface area (Å²) < 4.78 is 26.9. The second kappa shape index (κ2) is 13.1. The van der Waals surface area contributed by atoms with Crippen molar-refractivity contribution in [2.45, 2.75) is 173 Å². The molecule has 0 radical (unpaired) electrons. The van der Waals surface area contributed by atoms with Gasteiger partial charge in [-0.2, -0.15) is 0 Å². The molecule has 1 saturated carbocycles. The number of fused-ring (bicyclic) bond motifs is 7. The second-order valence-electron chi connectivity index (χ2n) is 17.7. The minimum atomic E-state index is -0.413. The molecule has 0 bridgehead atoms. The Morgan fingerprint density at radius 3 is 1.43 bits per heavy atom. The molecule has 0 amide bonds. The summed E-state index contributed by atoms with van der Waals surface area (Å²) >= 11 is 0. The first-order chi connectivity index (χ1) is 23.3. The van der Waals surface area contributed by atoms with Gasteiger partial charge in [0.05, 0.1) is 22.4 Å². The van der Waals surface area contributed by atoms with Crippen LogP contribution in [0.5, 0.6) is 0 Å². The average Bonchev–Trinajstić information content (AvgIpc) is 3.54. The Labute approximate surface area is 297 Å². The Morgan fingerprint density at radius 2 is 0.918 bits per heavy atom. The van der Waals surface area contributed by atoms with Crippen LogP contribution in [0.2, 0.25) is 0 Å². The van der Waals surface area contributed by atoms with Gasteiger partial charge >= 0.3 is 14.2 Å². The zero-order chi connectivity index (χ0) is 34.7. The molecule has 3 aromatic carbocycles. The third kappa shape index (κ3) is 6.25. The summed E-state index contributed by atoms with van der Waals surface area (Å²) in [5, 5.41) is 2.54. The lowest BCUT2D eigenvalue weighted by molar-refractivity contribution is 0.00578. The van der Waals surface area contributed by atoms with Crippen LogP contribution in [0.3, 0.4) is 0 Å². The van der Waals surface area contributed by atoms with Crippen LogP contribution >= 0.6 is 0 Å². The highest BCUT2D eigenvalue weighted by atomic mass is 16.7. The van der Waals surface area contributed by atoms with Crippen LogP contribution in [-0.2, 0) is 24.0 Å². The van der Waals surface area contributed by atoms with Crippen LogP contribution in [0.15, 0.2) is 48.5 Å². The van der Waals surface area contributed by atoms with Gasteiger partial charge in [-0.25, -0.2) is 0 Å². The van der Waals surface area contributed by atoms with E-state index in [1.807, 2.05) is 0 Å². The molecule has 2 heterocycles. The van der Waals surface area contributed by atoms with E-state index < -0.39 is 18.3 Å². The van der Waals surface area contributed by atoms with Crippen molar-refractivity contribution in [2.75, 3.05) is 0 Å². The summed E-state index contributed by atoms with van der Waals surface area (Å²) in [5.74, 6) is 0. The fraction of sp³-hybridized carbons (Fsp3) is 0.628. The molecule has 4 nitrogen and oxygen atoms in total. The first-order valence-electron chi connectivity index (χ1n) is 19.7. The molecule has 2 aliphatic heterocycles. The van der Waals surface area contributed by atoms with Crippen molar-refractivity contribution in [3.05, 3.63) is 59.7 Å². The summed E-state index contributed by atoms with van der Waals surface area (Å²) in [6.07, 6.45) is 18.3. The Balaban J connectivity index is 1.40. The molecular weight excluding hydrogens is 602 g/mol. The van der Waals surface area contributed by atoms with Gasteiger partial charge in [0, 0.05) is 5.41 Å². The predicted molar refractivity (Wildman–Crippen MR) is 206 cm³/mol. The predicted octanol–water partition coefficient (Wildman–Crippen LogP) is 10.2. The smallest absolute Gasteiger partial charge is 0.399 e. The maximum Gasteiger partial charge on any atom is 0.495 e. The zero-order valence-electron chi connectivity index (χ0n) is 31.8. The minimum Gasteiger partial charge on any atom is -0.399 e. The Bertz CT molecular complexity index is 1630. The van der Waals surface area contributed by atoms with E-state index >= 15 is 0 Å². The molecule has 3 fully saturated rings. The van der Waals surface area contributed by atoms with E-state index in [9.17, 15) is 0 Å². The average molecular weight is 663 g/mol. The molecule has 262 valence electrons. The molecule has 1 spiro atoms. The van der Waals surface area contributed by atoms with Crippen LogP contribution in [0.25, 0.3) is 21.9 Å². The van der Waals surface area contributed by atoms with Crippen LogP contribution in [-0.4, -0.2) is 36.6 Å². The second-order valence-corrected chi connectivity index (χ2v) is 17.7. The van der Waals surface area contributed by atoms with Crippen molar-refractivity contribution in [1.82, 2.24) is 0 Å². The SMILES string of the molecule is CC1(C)OB(c2ccc3c(c2)C2(CCCCCCCCCCCCCC2)c2cc(B4OC(C)(C)C(C)(C)O4)c4ccccc4c2-3)OC1(C)C. The first kappa shape index (κ1) is 35.3. The van der Waals surface area contributed by atoms with Crippen molar-refractivity contribution in [2.24, 2.45) is 0 Å². The van der Waals surface area contributed by atoms with Crippen molar-refractivity contribution in [3.8, 4) is 11.1 Å². The van der Waals surface area contributed by atoms with E-state index in [0.29, 0.717) is 0 Å². The summed E-state index contributed by atoms with van der Waals surface area (Å²) in [6.45, 7) is 17.3. The molecule has 0 aromatic heterocycles. The molecule has 4 aliphatic rings. The summed E-state index contributed by atoms with van der Waals surface area (Å²) in [5.41, 5.74) is 6.37. The van der Waals surface area contributed by atoms with Gasteiger partial charge in [0.25, 0.3) is 0 Å². The normalized spacial score (nSPS) is 24.8. The maximum atomic E-state index is 6.79. The molecule has 49 heavy (non-hydrogen) atoms. The fourth-order valence-corrected chi connectivity index (χ4v) is 8.97. The van der Waals surface area contributed by atoms with Gasteiger partial charge in [0.15, 0.2) is 0 Å². The molecule has 0 unspecified atom stereocenters. The van der Waals surface area contributed by atoms with E-state index in [2.05, 4.69) is 104 Å². The monoisotopic (exact) mass is 662 g/mol. The minimum absolute atomic E-state index is 0.0904. The van der Waals surface area contributed by atoms with Crippen molar-refractivity contribution in [3.63, 3.8) is 0 Å². The first-order valence-corrected chi connectivity index (χ1v) is 19.7. The lowest BCUT2D eigenvalue weighted by atomic mass is 9.66. The fourth-order valence-electron chi connectivity index (χ4n) is 8.97. The van der Waals surface area contributed by atoms with E-state index in [1.165, 1.54) is 116 Å².